The van der Waals surface area contributed by atoms with Gasteiger partial charge in [0.2, 0.25) is 0 Å². The van der Waals surface area contributed by atoms with E-state index < -0.39 is 5.31 Å². The van der Waals surface area contributed by atoms with E-state index in [0.717, 1.165) is 37.7 Å². The van der Waals surface area contributed by atoms with Crippen molar-refractivity contribution in [3.63, 3.8) is 0 Å². The molecule has 0 spiro atoms. The molecule has 0 aliphatic heterocycles. The molecular formula is C17H38BrO3P. The van der Waals surface area contributed by atoms with E-state index in [4.69, 9.17) is 0 Å². The van der Waals surface area contributed by atoms with E-state index >= 15 is 0 Å². The van der Waals surface area contributed by atoms with Crippen LogP contribution in [0.25, 0.3) is 0 Å². The monoisotopic (exact) mass is 400 g/mol. The molecule has 0 saturated heterocycles. The summed E-state index contributed by atoms with van der Waals surface area (Å²) < 4.78 is 0. The fourth-order valence-corrected chi connectivity index (χ4v) is 11.5. The Labute approximate surface area is 145 Å². The molecule has 0 aromatic heterocycles. The Hall–Kier alpha value is 0.790. The Balaban J connectivity index is 4.62. The Bertz CT molecular complexity index is 240. The van der Waals surface area contributed by atoms with Gasteiger partial charge < -0.3 is 0 Å². The van der Waals surface area contributed by atoms with Crippen molar-refractivity contribution in [2.24, 2.45) is 0 Å². The molecule has 0 rings (SSSR count). The second-order valence-corrected chi connectivity index (χ2v) is 18.2. The molecule has 0 amide bonds. The second-order valence-electron chi connectivity index (χ2n) is 6.71. The van der Waals surface area contributed by atoms with Crippen molar-refractivity contribution < 1.29 is 15.3 Å². The van der Waals surface area contributed by atoms with Gasteiger partial charge in [0.05, 0.1) is 0 Å². The van der Waals surface area contributed by atoms with Crippen molar-refractivity contribution in [3.05, 3.63) is 0 Å². The quantitative estimate of drug-likeness (QED) is 0.266. The molecule has 0 bridgehead atoms. The van der Waals surface area contributed by atoms with Crippen LogP contribution in [0.2, 0.25) is 0 Å². The van der Waals surface area contributed by atoms with Crippen molar-refractivity contribution >= 4 is 20.8 Å². The molecule has 0 saturated carbocycles. The van der Waals surface area contributed by atoms with Gasteiger partial charge in [-0.05, 0) is 0 Å². The molecule has 0 fully saturated rings. The minimum atomic E-state index is -2.08. The predicted octanol–water partition coefficient (Wildman–Crippen LogP) is 4.36. The number of aliphatic hydroxyl groups excluding tert-OH is 3. The van der Waals surface area contributed by atoms with Gasteiger partial charge >= 0.3 is 145 Å². The van der Waals surface area contributed by atoms with E-state index in [1.807, 2.05) is 0 Å². The SMILES string of the molecule is CCCCCCCCP(Br)(CCCO)(CCCO)CCCO. The summed E-state index contributed by atoms with van der Waals surface area (Å²) in [4.78, 5) is 0. The van der Waals surface area contributed by atoms with Gasteiger partial charge in [-0.2, -0.15) is 0 Å². The fourth-order valence-electron chi connectivity index (χ4n) is 3.36. The predicted molar refractivity (Wildman–Crippen MR) is 104 cm³/mol. The van der Waals surface area contributed by atoms with E-state index in [9.17, 15) is 15.3 Å². The van der Waals surface area contributed by atoms with E-state index in [0.29, 0.717) is 0 Å². The molecule has 0 aliphatic rings. The zero-order valence-electron chi connectivity index (χ0n) is 14.5. The minimum absolute atomic E-state index is 0.234. The molecule has 136 valence electrons. The van der Waals surface area contributed by atoms with Crippen LogP contribution < -0.4 is 0 Å². The third-order valence-electron chi connectivity index (χ3n) is 4.70. The summed E-state index contributed by atoms with van der Waals surface area (Å²) in [5.41, 5.74) is 0. The Morgan fingerprint density at radius 3 is 1.36 bits per heavy atom. The first kappa shape index (κ1) is 22.8. The fraction of sp³-hybridized carbons (Fsp3) is 1.00. The Morgan fingerprint density at radius 2 is 0.955 bits per heavy atom. The van der Waals surface area contributed by atoms with Crippen LogP contribution in [0.1, 0.15) is 64.7 Å². The van der Waals surface area contributed by atoms with E-state index in [-0.39, 0.29) is 19.8 Å². The van der Waals surface area contributed by atoms with Gasteiger partial charge in [-0.1, -0.05) is 0 Å². The van der Waals surface area contributed by atoms with Crippen LogP contribution in [0.4, 0.5) is 0 Å². The van der Waals surface area contributed by atoms with E-state index in [1.54, 1.807) is 0 Å². The van der Waals surface area contributed by atoms with Crippen LogP contribution in [-0.4, -0.2) is 59.8 Å². The molecular weight excluding hydrogens is 363 g/mol. The second kappa shape index (κ2) is 13.1. The van der Waals surface area contributed by atoms with E-state index in [1.165, 1.54) is 44.7 Å². The van der Waals surface area contributed by atoms with Crippen LogP contribution in [0.3, 0.4) is 0 Å². The third kappa shape index (κ3) is 9.82. The van der Waals surface area contributed by atoms with Crippen molar-refractivity contribution in [1.29, 1.82) is 0 Å². The van der Waals surface area contributed by atoms with Crippen molar-refractivity contribution in [2.45, 2.75) is 64.7 Å². The van der Waals surface area contributed by atoms with Crippen LogP contribution in [-0.2, 0) is 0 Å². The molecule has 22 heavy (non-hydrogen) atoms. The van der Waals surface area contributed by atoms with E-state index in [2.05, 4.69) is 22.4 Å². The van der Waals surface area contributed by atoms with Crippen LogP contribution >= 0.6 is 20.8 Å². The molecule has 0 unspecified atom stereocenters. The number of hydrogen-bond donors (Lipinski definition) is 3. The zero-order valence-corrected chi connectivity index (χ0v) is 17.0. The maximum absolute atomic E-state index is 9.26. The molecule has 0 heterocycles. The van der Waals surface area contributed by atoms with Crippen LogP contribution in [0.15, 0.2) is 0 Å². The number of halogens is 1. The maximum atomic E-state index is 9.26. The van der Waals surface area contributed by atoms with Gasteiger partial charge in [0, 0.05) is 0 Å². The summed E-state index contributed by atoms with van der Waals surface area (Å²) in [5.74, 6) is 0. The molecule has 5 heteroatoms. The Morgan fingerprint density at radius 1 is 0.591 bits per heavy atom. The molecule has 0 atom stereocenters. The van der Waals surface area contributed by atoms with Gasteiger partial charge in [0.1, 0.15) is 0 Å². The van der Waals surface area contributed by atoms with Gasteiger partial charge in [-0.25, -0.2) is 0 Å². The zero-order chi connectivity index (χ0) is 16.8. The average Bonchev–Trinajstić information content (AvgIpc) is 2.53. The summed E-state index contributed by atoms with van der Waals surface area (Å²) in [6.45, 7) is 2.94. The van der Waals surface area contributed by atoms with Gasteiger partial charge in [-0.15, -0.1) is 0 Å². The first-order chi connectivity index (χ1) is 10.5. The first-order valence-electron chi connectivity index (χ1n) is 9.09. The summed E-state index contributed by atoms with van der Waals surface area (Å²) in [6.07, 6.45) is 14.6. The summed E-state index contributed by atoms with van der Waals surface area (Å²) in [6, 6.07) is 0. The third-order valence-corrected chi connectivity index (χ3v) is 14.7. The van der Waals surface area contributed by atoms with Crippen molar-refractivity contribution in [1.82, 2.24) is 0 Å². The summed E-state index contributed by atoms with van der Waals surface area (Å²) >= 11 is 4.18. The average molecular weight is 401 g/mol. The molecule has 0 aromatic rings. The van der Waals surface area contributed by atoms with Crippen LogP contribution in [0, 0.1) is 0 Å². The first-order valence-corrected chi connectivity index (χ1v) is 14.1. The van der Waals surface area contributed by atoms with Crippen LogP contribution in [0.5, 0.6) is 0 Å². The van der Waals surface area contributed by atoms with Gasteiger partial charge in [0.15, 0.2) is 0 Å². The topological polar surface area (TPSA) is 60.7 Å². The van der Waals surface area contributed by atoms with Gasteiger partial charge in [0.25, 0.3) is 0 Å². The normalized spacial score (nSPS) is 14.0. The molecule has 3 nitrogen and oxygen atoms in total. The number of unbranched alkanes of at least 4 members (excludes halogenated alkanes) is 5. The molecule has 0 aromatic carbocycles. The van der Waals surface area contributed by atoms with Crippen molar-refractivity contribution in [3.8, 4) is 0 Å². The summed E-state index contributed by atoms with van der Waals surface area (Å²) in [5, 5.41) is 25.7. The molecule has 0 radical (unpaired) electrons. The summed E-state index contributed by atoms with van der Waals surface area (Å²) in [7, 11) is 0. The number of hydrogen-bond acceptors (Lipinski definition) is 3. The molecule has 3 N–H and O–H groups in total. The van der Waals surface area contributed by atoms with Gasteiger partial charge in [-0.3, -0.25) is 0 Å². The molecule has 0 aliphatic carbocycles. The Kier molecular flexibility index (Phi) is 13.6. The number of rotatable bonds is 16. The number of aliphatic hydroxyl groups is 3. The van der Waals surface area contributed by atoms with Crippen molar-refractivity contribution in [2.75, 3.05) is 44.5 Å². The standard InChI is InChI=1S/C17H38BrO3P/c1-2-3-4-5-6-7-14-22(18,15-8-11-19,16-9-12-20)17-10-13-21/h19-21H,2-17H2,1H3.